The molecule has 2 aliphatic rings. The Morgan fingerprint density at radius 3 is 2.83 bits per heavy atom. The van der Waals surface area contributed by atoms with E-state index in [1.807, 2.05) is 26.8 Å². The van der Waals surface area contributed by atoms with E-state index in [2.05, 4.69) is 20.8 Å². The minimum atomic E-state index is -0.514. The minimum Gasteiger partial charge on any atom is -0.488 e. The smallest absolute Gasteiger partial charge is 0.410 e. The maximum atomic E-state index is 14.3. The lowest BCUT2D eigenvalue weighted by atomic mass is 10.1. The van der Waals surface area contributed by atoms with Gasteiger partial charge in [0, 0.05) is 31.7 Å². The number of halogens is 2. The fraction of sp³-hybridized carbons (Fsp3) is 0.588. The maximum Gasteiger partial charge on any atom is 0.410 e. The van der Waals surface area contributed by atoms with Gasteiger partial charge in [0.15, 0.2) is 11.6 Å². The number of carbonyl (C=O) groups excluding carboxylic acids is 1. The molecule has 1 saturated heterocycles. The highest BCUT2D eigenvalue weighted by Gasteiger charge is 2.35. The van der Waals surface area contributed by atoms with Crippen molar-refractivity contribution in [2.45, 2.75) is 39.0 Å². The van der Waals surface area contributed by atoms with Gasteiger partial charge in [-0.2, -0.15) is 0 Å². The second kappa shape index (κ2) is 6.52. The normalized spacial score (nSPS) is 21.4. The van der Waals surface area contributed by atoms with Crippen LogP contribution in [0.5, 0.6) is 5.75 Å². The number of nitrogens with zero attached hydrogens (tertiary/aromatic N) is 2. The maximum absolute atomic E-state index is 14.3. The van der Waals surface area contributed by atoms with E-state index in [4.69, 9.17) is 9.47 Å². The van der Waals surface area contributed by atoms with Gasteiger partial charge in [0.25, 0.3) is 0 Å². The zero-order valence-electron chi connectivity index (χ0n) is 14.1. The Kier molecular flexibility index (Phi) is 4.75. The van der Waals surface area contributed by atoms with Gasteiger partial charge in [-0.05, 0) is 42.8 Å². The number of benzene rings is 1. The number of ether oxygens (including phenoxy) is 2. The van der Waals surface area contributed by atoms with E-state index in [0.29, 0.717) is 43.0 Å². The summed E-state index contributed by atoms with van der Waals surface area (Å²) in [5, 5.41) is 0. The Hall–Kier alpha value is -1.34. The van der Waals surface area contributed by atoms with Gasteiger partial charge in [-0.3, -0.25) is 4.90 Å². The summed E-state index contributed by atoms with van der Waals surface area (Å²) in [4.78, 5) is 16.2. The standard InChI is InChI=1S/C17H22BrFN2O3/c1-17(2,3)24-16(22)21-7-6-20-8-11-4-5-13(18)14(19)15(11)23-10-12(20)9-21/h4-5,12H,6-10H2,1-3H3/t12-/m1/s1. The molecule has 0 aliphatic carbocycles. The molecule has 0 aromatic heterocycles. The molecule has 1 aromatic rings. The van der Waals surface area contributed by atoms with Crippen LogP contribution in [0.2, 0.25) is 0 Å². The number of piperazine rings is 1. The third kappa shape index (κ3) is 3.67. The van der Waals surface area contributed by atoms with Crippen molar-refractivity contribution in [1.29, 1.82) is 0 Å². The summed E-state index contributed by atoms with van der Waals surface area (Å²) in [6, 6.07) is 3.61. The van der Waals surface area contributed by atoms with E-state index < -0.39 is 5.60 Å². The van der Waals surface area contributed by atoms with E-state index in [-0.39, 0.29) is 18.0 Å². The molecule has 1 atom stereocenters. The molecule has 132 valence electrons. The van der Waals surface area contributed by atoms with Gasteiger partial charge in [0.05, 0.1) is 10.5 Å². The van der Waals surface area contributed by atoms with Crippen LogP contribution in [0.15, 0.2) is 16.6 Å². The summed E-state index contributed by atoms with van der Waals surface area (Å²) in [7, 11) is 0. The van der Waals surface area contributed by atoms with Crippen LogP contribution >= 0.6 is 15.9 Å². The third-order valence-corrected chi connectivity index (χ3v) is 4.79. The molecule has 3 rings (SSSR count). The van der Waals surface area contributed by atoms with Gasteiger partial charge in [0.2, 0.25) is 0 Å². The molecule has 24 heavy (non-hydrogen) atoms. The van der Waals surface area contributed by atoms with Gasteiger partial charge >= 0.3 is 6.09 Å². The summed E-state index contributed by atoms with van der Waals surface area (Å²) in [6.07, 6.45) is -0.308. The van der Waals surface area contributed by atoms with Gasteiger partial charge in [0.1, 0.15) is 12.2 Å². The summed E-state index contributed by atoms with van der Waals surface area (Å²) >= 11 is 3.19. The largest absolute Gasteiger partial charge is 0.488 e. The zero-order chi connectivity index (χ0) is 17.5. The first-order chi connectivity index (χ1) is 11.2. The lowest BCUT2D eigenvalue weighted by molar-refractivity contribution is -0.00164. The molecular weight excluding hydrogens is 379 g/mol. The molecule has 5 nitrogen and oxygen atoms in total. The minimum absolute atomic E-state index is 0.0249. The third-order valence-electron chi connectivity index (χ3n) is 4.18. The Labute approximate surface area is 149 Å². The number of hydrogen-bond donors (Lipinski definition) is 0. The molecule has 0 unspecified atom stereocenters. The Morgan fingerprint density at radius 1 is 1.38 bits per heavy atom. The summed E-state index contributed by atoms with van der Waals surface area (Å²) in [6.45, 7) is 8.36. The van der Waals surface area contributed by atoms with Crippen molar-refractivity contribution in [2.24, 2.45) is 0 Å². The first kappa shape index (κ1) is 17.5. The van der Waals surface area contributed by atoms with E-state index in [1.54, 1.807) is 11.0 Å². The van der Waals surface area contributed by atoms with E-state index >= 15 is 0 Å². The fourth-order valence-electron chi connectivity index (χ4n) is 3.00. The molecule has 0 radical (unpaired) electrons. The zero-order valence-corrected chi connectivity index (χ0v) is 15.7. The van der Waals surface area contributed by atoms with Crippen molar-refractivity contribution < 1.29 is 18.7 Å². The molecule has 2 aliphatic heterocycles. The summed E-state index contributed by atoms with van der Waals surface area (Å²) in [5.41, 5.74) is 0.323. The van der Waals surface area contributed by atoms with E-state index in [0.717, 1.165) is 5.56 Å². The number of amides is 1. The van der Waals surface area contributed by atoms with Crippen LogP contribution in [0.3, 0.4) is 0 Å². The molecule has 1 aromatic carbocycles. The van der Waals surface area contributed by atoms with Crippen molar-refractivity contribution in [3.63, 3.8) is 0 Å². The molecule has 1 fully saturated rings. The van der Waals surface area contributed by atoms with Crippen LogP contribution in [0.4, 0.5) is 9.18 Å². The Balaban J connectivity index is 1.72. The predicted molar refractivity (Wildman–Crippen MR) is 91.6 cm³/mol. The van der Waals surface area contributed by atoms with Crippen molar-refractivity contribution in [3.05, 3.63) is 28.0 Å². The van der Waals surface area contributed by atoms with Crippen LogP contribution in [-0.2, 0) is 11.3 Å². The Morgan fingerprint density at radius 2 is 2.12 bits per heavy atom. The topological polar surface area (TPSA) is 42.0 Å². The first-order valence-electron chi connectivity index (χ1n) is 8.06. The van der Waals surface area contributed by atoms with Crippen LogP contribution < -0.4 is 4.74 Å². The number of hydrogen-bond acceptors (Lipinski definition) is 4. The molecule has 1 amide bonds. The number of fused-ring (bicyclic) bond motifs is 2. The highest BCUT2D eigenvalue weighted by Crippen LogP contribution is 2.33. The average Bonchev–Trinajstić information content (AvgIpc) is 2.68. The second-order valence-corrected chi connectivity index (χ2v) is 8.07. The monoisotopic (exact) mass is 400 g/mol. The molecule has 2 heterocycles. The van der Waals surface area contributed by atoms with Gasteiger partial charge < -0.3 is 14.4 Å². The highest BCUT2D eigenvalue weighted by atomic mass is 79.9. The first-order valence-corrected chi connectivity index (χ1v) is 8.85. The fourth-order valence-corrected chi connectivity index (χ4v) is 3.31. The van der Waals surface area contributed by atoms with Gasteiger partial charge in [-0.1, -0.05) is 6.07 Å². The van der Waals surface area contributed by atoms with E-state index in [1.165, 1.54) is 0 Å². The Bertz CT molecular complexity index is 647. The molecule has 0 N–H and O–H groups in total. The van der Waals surface area contributed by atoms with Crippen LogP contribution in [0.25, 0.3) is 0 Å². The number of carbonyl (C=O) groups is 1. The average molecular weight is 401 g/mol. The molecule has 0 saturated carbocycles. The van der Waals surface area contributed by atoms with Gasteiger partial charge in [-0.15, -0.1) is 0 Å². The highest BCUT2D eigenvalue weighted by molar-refractivity contribution is 9.10. The molecule has 7 heteroatoms. The van der Waals surface area contributed by atoms with Gasteiger partial charge in [-0.25, -0.2) is 9.18 Å². The van der Waals surface area contributed by atoms with E-state index in [9.17, 15) is 9.18 Å². The predicted octanol–water partition coefficient (Wildman–Crippen LogP) is 3.40. The van der Waals surface area contributed by atoms with Crippen molar-refractivity contribution in [3.8, 4) is 5.75 Å². The molecular formula is C17H22BrFN2O3. The van der Waals surface area contributed by atoms with Crippen molar-refractivity contribution >= 4 is 22.0 Å². The van der Waals surface area contributed by atoms with Crippen molar-refractivity contribution in [2.75, 3.05) is 26.2 Å². The lowest BCUT2D eigenvalue weighted by Crippen LogP contribution is -2.56. The molecule has 0 spiro atoms. The number of rotatable bonds is 0. The van der Waals surface area contributed by atoms with Crippen LogP contribution in [-0.4, -0.2) is 53.8 Å². The SMILES string of the molecule is CC(C)(C)OC(=O)N1CCN2Cc3ccc(Br)c(F)c3OC[C@H]2C1. The second-order valence-electron chi connectivity index (χ2n) is 7.21. The van der Waals surface area contributed by atoms with Crippen LogP contribution in [0, 0.1) is 5.82 Å². The quantitative estimate of drug-likeness (QED) is 0.669. The summed E-state index contributed by atoms with van der Waals surface area (Å²) in [5.74, 6) is -0.0565. The van der Waals surface area contributed by atoms with Crippen LogP contribution in [0.1, 0.15) is 26.3 Å². The summed E-state index contributed by atoms with van der Waals surface area (Å²) < 4.78 is 25.8. The van der Waals surface area contributed by atoms with Crippen molar-refractivity contribution in [1.82, 2.24) is 9.80 Å². The lowest BCUT2D eigenvalue weighted by Gasteiger charge is -2.40. The molecule has 0 bridgehead atoms.